The Labute approximate surface area is 338 Å². The van der Waals surface area contributed by atoms with Crippen LogP contribution in [0.5, 0.6) is 11.5 Å². The number of imidazole rings is 2. The van der Waals surface area contributed by atoms with Crippen molar-refractivity contribution in [2.24, 2.45) is 11.8 Å². The quantitative estimate of drug-likeness (QED) is 0.103. The minimum Gasteiger partial charge on any atom is -0.457 e. The summed E-state index contributed by atoms with van der Waals surface area (Å²) in [6.45, 7) is 9.07. The summed E-state index contributed by atoms with van der Waals surface area (Å²) < 4.78 is 16.1. The maximum Gasteiger partial charge on any atom is 0.407 e. The van der Waals surface area contributed by atoms with Gasteiger partial charge in [0.25, 0.3) is 0 Å². The summed E-state index contributed by atoms with van der Waals surface area (Å²) in [6, 6.07) is 10.4. The highest BCUT2D eigenvalue weighted by molar-refractivity contribution is 5.87. The van der Waals surface area contributed by atoms with Crippen LogP contribution in [0.4, 0.5) is 9.59 Å². The van der Waals surface area contributed by atoms with Crippen LogP contribution in [-0.4, -0.2) is 93.1 Å². The number of aromatic amines is 2. The zero-order valence-corrected chi connectivity index (χ0v) is 34.1. The number of ether oxygens (including phenoxy) is 3. The Kier molecular flexibility index (Phi) is 12.1. The molecule has 15 nitrogen and oxygen atoms in total. The topological polar surface area (TPSA) is 184 Å². The van der Waals surface area contributed by atoms with E-state index >= 15 is 0 Å². The number of likely N-dealkylation sites (tertiary alicyclic amines) is 2. The van der Waals surface area contributed by atoms with Crippen LogP contribution in [0.15, 0.2) is 48.8 Å². The van der Waals surface area contributed by atoms with Crippen molar-refractivity contribution in [3.05, 3.63) is 71.6 Å². The number of H-pyrrole nitrogens is 2. The average molecular weight is 795 g/mol. The molecular formula is C43H54N8O7. The first-order chi connectivity index (χ1) is 28.0. The van der Waals surface area contributed by atoms with Gasteiger partial charge in [-0.05, 0) is 72.9 Å². The molecule has 0 bridgehead atoms. The summed E-state index contributed by atoms with van der Waals surface area (Å²) in [5, 5.41) is 5.50. The van der Waals surface area contributed by atoms with E-state index in [9.17, 15) is 19.2 Å². The molecule has 0 saturated carbocycles. The number of aromatic nitrogens is 4. The van der Waals surface area contributed by atoms with Crippen molar-refractivity contribution < 1.29 is 33.4 Å². The van der Waals surface area contributed by atoms with Crippen molar-refractivity contribution in [3.63, 3.8) is 0 Å². The fourth-order valence-corrected chi connectivity index (χ4v) is 8.30. The molecule has 15 heteroatoms. The number of alkyl carbamates (subject to hydrolysis) is 2. The van der Waals surface area contributed by atoms with Crippen LogP contribution >= 0.6 is 0 Å². The third-order valence-electron chi connectivity index (χ3n) is 12.1. The number of benzene rings is 2. The molecule has 6 atom stereocenters. The second-order valence-electron chi connectivity index (χ2n) is 15.7. The van der Waals surface area contributed by atoms with Gasteiger partial charge in [-0.1, -0.05) is 52.7 Å². The summed E-state index contributed by atoms with van der Waals surface area (Å²) >= 11 is 0. The highest BCUT2D eigenvalue weighted by Gasteiger charge is 2.39. The lowest BCUT2D eigenvalue weighted by atomic mass is 9.96. The van der Waals surface area contributed by atoms with Gasteiger partial charge in [0.2, 0.25) is 11.8 Å². The first-order valence-electron chi connectivity index (χ1n) is 20.4. The molecule has 0 radical (unpaired) electrons. The molecular weight excluding hydrogens is 741 g/mol. The van der Waals surface area contributed by atoms with Gasteiger partial charge in [-0.2, -0.15) is 0 Å². The minimum atomic E-state index is -0.687. The third-order valence-corrected chi connectivity index (χ3v) is 12.1. The van der Waals surface area contributed by atoms with Crippen LogP contribution in [0.25, 0.3) is 22.5 Å². The summed E-state index contributed by atoms with van der Waals surface area (Å²) in [5.74, 6) is 2.57. The first-order valence-corrected chi connectivity index (χ1v) is 20.4. The Bertz CT molecular complexity index is 2000. The van der Waals surface area contributed by atoms with Crippen molar-refractivity contribution in [2.45, 2.75) is 96.8 Å². The second kappa shape index (κ2) is 17.3. The number of rotatable bonds is 12. The zero-order valence-electron chi connectivity index (χ0n) is 34.1. The summed E-state index contributed by atoms with van der Waals surface area (Å²) in [5.41, 5.74) is 5.64. The maximum absolute atomic E-state index is 13.8. The van der Waals surface area contributed by atoms with E-state index in [1.54, 1.807) is 6.20 Å². The van der Waals surface area contributed by atoms with Crippen molar-refractivity contribution in [2.75, 3.05) is 27.3 Å². The summed E-state index contributed by atoms with van der Waals surface area (Å²) in [7, 11) is 2.60. The predicted octanol–water partition coefficient (Wildman–Crippen LogP) is 7.03. The van der Waals surface area contributed by atoms with Crippen LogP contribution in [0, 0.1) is 11.8 Å². The Morgan fingerprint density at radius 1 is 0.741 bits per heavy atom. The van der Waals surface area contributed by atoms with Crippen LogP contribution in [-0.2, 0) is 25.5 Å². The molecule has 308 valence electrons. The van der Waals surface area contributed by atoms with E-state index in [4.69, 9.17) is 24.2 Å². The Hall–Kier alpha value is -5.86. The molecule has 0 unspecified atom stereocenters. The number of nitrogens with zero attached hydrogens (tertiary/aromatic N) is 4. The monoisotopic (exact) mass is 794 g/mol. The van der Waals surface area contributed by atoms with E-state index in [2.05, 4.69) is 32.7 Å². The largest absolute Gasteiger partial charge is 0.457 e. The molecule has 2 aromatic heterocycles. The van der Waals surface area contributed by atoms with E-state index in [0.29, 0.717) is 31.2 Å². The Morgan fingerprint density at radius 3 is 1.74 bits per heavy atom. The molecule has 2 saturated heterocycles. The number of amides is 4. The molecule has 4 amide bonds. The third kappa shape index (κ3) is 8.12. The van der Waals surface area contributed by atoms with Gasteiger partial charge in [-0.3, -0.25) is 9.59 Å². The van der Waals surface area contributed by atoms with Gasteiger partial charge < -0.3 is 44.6 Å². The number of methoxy groups -OCH3 is 2. The Balaban J connectivity index is 1.03. The highest BCUT2D eigenvalue weighted by Crippen LogP contribution is 2.41. The van der Waals surface area contributed by atoms with Gasteiger partial charge in [-0.15, -0.1) is 0 Å². The number of hydrogen-bond donors (Lipinski definition) is 4. The molecule has 3 aliphatic rings. The van der Waals surface area contributed by atoms with Gasteiger partial charge in [0.15, 0.2) is 0 Å². The van der Waals surface area contributed by atoms with E-state index in [1.807, 2.05) is 68.0 Å². The molecule has 0 aliphatic carbocycles. The zero-order chi connectivity index (χ0) is 41.1. The molecule has 2 aromatic carbocycles. The molecule has 3 aliphatic heterocycles. The maximum atomic E-state index is 13.8. The first kappa shape index (κ1) is 40.3. The van der Waals surface area contributed by atoms with E-state index < -0.39 is 24.3 Å². The molecule has 5 heterocycles. The molecule has 58 heavy (non-hydrogen) atoms. The van der Waals surface area contributed by atoms with Crippen molar-refractivity contribution >= 4 is 24.0 Å². The smallest absolute Gasteiger partial charge is 0.407 e. The second-order valence-corrected chi connectivity index (χ2v) is 15.7. The fourth-order valence-electron chi connectivity index (χ4n) is 8.30. The lowest BCUT2D eigenvalue weighted by Gasteiger charge is -2.30. The van der Waals surface area contributed by atoms with E-state index in [1.165, 1.54) is 14.2 Å². The normalized spacial score (nSPS) is 19.3. The summed E-state index contributed by atoms with van der Waals surface area (Å²) in [4.78, 5) is 71.8. The molecule has 0 spiro atoms. The molecule has 4 aromatic rings. The van der Waals surface area contributed by atoms with Gasteiger partial charge in [-0.25, -0.2) is 19.6 Å². The van der Waals surface area contributed by atoms with Crippen molar-refractivity contribution in [1.82, 2.24) is 40.4 Å². The number of nitrogens with one attached hydrogen (secondary N) is 4. The fraction of sp³-hybridized carbons (Fsp3) is 0.488. The predicted molar refractivity (Wildman–Crippen MR) is 216 cm³/mol. The van der Waals surface area contributed by atoms with Gasteiger partial charge in [0.05, 0.1) is 50.1 Å². The van der Waals surface area contributed by atoms with Crippen LogP contribution in [0.2, 0.25) is 0 Å². The van der Waals surface area contributed by atoms with Gasteiger partial charge >= 0.3 is 12.2 Å². The minimum absolute atomic E-state index is 0.0629. The Morgan fingerprint density at radius 2 is 1.24 bits per heavy atom. The van der Waals surface area contributed by atoms with Crippen molar-refractivity contribution in [1.29, 1.82) is 0 Å². The van der Waals surface area contributed by atoms with E-state index in [-0.39, 0.29) is 35.7 Å². The average Bonchev–Trinajstić information content (AvgIpc) is 4.09. The number of hydrogen-bond acceptors (Lipinski definition) is 9. The molecule has 7 rings (SSSR count). The van der Waals surface area contributed by atoms with Crippen LogP contribution in [0.3, 0.4) is 0 Å². The van der Waals surface area contributed by atoms with Gasteiger partial charge in [0, 0.05) is 30.6 Å². The molecule has 2 fully saturated rings. The van der Waals surface area contributed by atoms with Crippen LogP contribution < -0.4 is 15.4 Å². The lowest BCUT2D eigenvalue weighted by Crippen LogP contribution is -2.51. The van der Waals surface area contributed by atoms with E-state index in [0.717, 1.165) is 83.7 Å². The highest BCUT2D eigenvalue weighted by atomic mass is 16.5. The summed E-state index contributed by atoms with van der Waals surface area (Å²) in [6.07, 6.45) is 7.72. The van der Waals surface area contributed by atoms with Gasteiger partial charge in [0.1, 0.15) is 35.2 Å². The lowest BCUT2D eigenvalue weighted by molar-refractivity contribution is -0.136. The standard InChI is InChI=1S/C43H54N8O7/c1-7-24(3)36(48-42(54)56-5)40(52)50-17-9-11-32(50)38-44-22-30(46-38)26-15-16-34-29(19-26)20-28-14-13-27(21-35(28)58-34)31-23-45-39(47-31)33-12-10-18-51(33)41(53)37(25(4)8-2)49-43(55)57-6/h13-16,19,21-25,32-33,36-37H,7-12,17-18,20H2,1-6H3,(H,44,46)(H,45,47)(H,48,54)(H,49,55)/t24-,25-,32-,33-,36-,37-/m0/s1. The SMILES string of the molecule is CC[C@H](C)[C@H](NC(=O)OC)C(=O)N1CCC[C@H]1c1ncc(-c2ccc3c(c2)Cc2ccc(-c4cnc([C@@H]5CCCN5C(=O)[C@@H](NC(=O)OC)[C@@H](C)CC)[nH]4)cc2O3)[nH]1. The number of fused-ring (bicyclic) bond motifs is 2. The van der Waals surface area contributed by atoms with Crippen LogP contribution in [0.1, 0.15) is 101 Å². The molecule has 4 N–H and O–H groups in total. The number of carbonyl (C=O) groups is 4. The van der Waals surface area contributed by atoms with Crippen molar-refractivity contribution in [3.8, 4) is 34.0 Å². The number of carbonyl (C=O) groups excluding carboxylic acids is 4.